The molecule has 2 aliphatic rings. The first-order valence-corrected chi connectivity index (χ1v) is 9.87. The van der Waals surface area contributed by atoms with Crippen LogP contribution in [0.25, 0.3) is 0 Å². The van der Waals surface area contributed by atoms with E-state index in [1.807, 2.05) is 23.1 Å². The van der Waals surface area contributed by atoms with Crippen LogP contribution in [0.4, 0.5) is 4.79 Å². The van der Waals surface area contributed by atoms with E-state index in [1.54, 1.807) is 0 Å². The molecular weight excluding hydrogens is 378 g/mol. The lowest BCUT2D eigenvalue weighted by molar-refractivity contribution is 0.100. The van der Waals surface area contributed by atoms with E-state index < -0.39 is 5.91 Å². The summed E-state index contributed by atoms with van der Waals surface area (Å²) in [6.45, 7) is 2.28. The summed E-state index contributed by atoms with van der Waals surface area (Å²) < 4.78 is 1.21. The Balaban J connectivity index is 1.34. The molecule has 1 aromatic heterocycles. The fourth-order valence-electron chi connectivity index (χ4n) is 4.51. The van der Waals surface area contributed by atoms with Crippen LogP contribution < -0.4 is 5.73 Å². The van der Waals surface area contributed by atoms with E-state index in [9.17, 15) is 9.59 Å². The highest BCUT2D eigenvalue weighted by Gasteiger charge is 2.43. The Bertz CT molecular complexity index is 884. The number of nitrogens with two attached hydrogens (primary N) is 1. The molecule has 7 nitrogen and oxygen atoms in total. The molecule has 28 heavy (non-hydrogen) atoms. The van der Waals surface area contributed by atoms with Crippen molar-refractivity contribution in [3.05, 3.63) is 52.8 Å². The number of likely N-dealkylation sites (tertiary alicyclic amines) is 1. The fourth-order valence-corrected chi connectivity index (χ4v) is 4.70. The maximum atomic E-state index is 12.7. The molecule has 1 aromatic carbocycles. The highest BCUT2D eigenvalue weighted by Crippen LogP contribution is 2.40. The van der Waals surface area contributed by atoms with E-state index in [2.05, 4.69) is 23.1 Å². The summed E-state index contributed by atoms with van der Waals surface area (Å²) in [5, 5.41) is 4.78. The first kappa shape index (κ1) is 19.0. The van der Waals surface area contributed by atoms with Crippen molar-refractivity contribution in [1.82, 2.24) is 19.6 Å². The van der Waals surface area contributed by atoms with Crippen LogP contribution in [0.5, 0.6) is 0 Å². The van der Waals surface area contributed by atoms with Crippen LogP contribution in [0.3, 0.4) is 0 Å². The smallest absolute Gasteiger partial charge is 0.344 e. The van der Waals surface area contributed by atoms with Crippen LogP contribution in [-0.4, -0.2) is 57.7 Å². The first-order chi connectivity index (χ1) is 13.4. The minimum atomic E-state index is -0.582. The van der Waals surface area contributed by atoms with Gasteiger partial charge in [0.05, 0.1) is 11.8 Å². The zero-order valence-corrected chi connectivity index (χ0v) is 16.5. The van der Waals surface area contributed by atoms with E-state index in [1.165, 1.54) is 17.1 Å². The first-order valence-electron chi connectivity index (χ1n) is 9.49. The van der Waals surface area contributed by atoms with Crippen molar-refractivity contribution in [3.8, 4) is 0 Å². The van der Waals surface area contributed by atoms with Gasteiger partial charge in [0.25, 0.3) is 5.91 Å². The second-order valence-corrected chi connectivity index (χ2v) is 8.28. The molecule has 2 amide bonds. The summed E-state index contributed by atoms with van der Waals surface area (Å²) in [6.07, 6.45) is 4.87. The van der Waals surface area contributed by atoms with E-state index in [0.29, 0.717) is 17.9 Å². The molecule has 0 spiro atoms. The predicted octanol–water partition coefficient (Wildman–Crippen LogP) is 2.45. The minimum Gasteiger partial charge on any atom is -0.366 e. The lowest BCUT2D eigenvalue weighted by Crippen LogP contribution is -2.36. The monoisotopic (exact) mass is 401 g/mol. The van der Waals surface area contributed by atoms with Gasteiger partial charge >= 0.3 is 6.03 Å². The molecule has 148 valence electrons. The second kappa shape index (κ2) is 7.56. The summed E-state index contributed by atoms with van der Waals surface area (Å²) in [6, 6.07) is 8.26. The van der Waals surface area contributed by atoms with Crippen LogP contribution in [0, 0.1) is 11.8 Å². The Morgan fingerprint density at radius 3 is 2.54 bits per heavy atom. The summed E-state index contributed by atoms with van der Waals surface area (Å²) >= 11 is 6.30. The third kappa shape index (κ3) is 3.64. The van der Waals surface area contributed by atoms with Gasteiger partial charge in [0.2, 0.25) is 0 Å². The number of nitrogens with zero attached hydrogens (tertiary/aromatic N) is 4. The highest BCUT2D eigenvalue weighted by molar-refractivity contribution is 6.31. The van der Waals surface area contributed by atoms with Crippen molar-refractivity contribution in [2.75, 3.05) is 20.1 Å². The van der Waals surface area contributed by atoms with Crippen LogP contribution in [0.2, 0.25) is 5.02 Å². The molecule has 1 aliphatic carbocycles. The molecular formula is C20H24ClN5O2. The molecule has 4 rings (SSSR count). The van der Waals surface area contributed by atoms with Gasteiger partial charge in [-0.1, -0.05) is 29.8 Å². The number of carbonyl (C=O) groups is 2. The van der Waals surface area contributed by atoms with Gasteiger partial charge in [0, 0.05) is 36.9 Å². The standard InChI is InChI=1S/C20H24ClN5O2/c1-24(9-13-4-2-3-5-18(13)21)17-6-14-10-25(11-15(14)7-17)20(28)26-12-16(8-23-26)19(22)27/h2-5,8,12,14-15,17H,6-7,9-11H2,1H3,(H2,22,27)/t14-,15+,17-. The number of carbonyl (C=O) groups excluding carboxylic acids is 2. The molecule has 2 aromatic rings. The van der Waals surface area contributed by atoms with Crippen LogP contribution in [0.15, 0.2) is 36.7 Å². The summed E-state index contributed by atoms with van der Waals surface area (Å²) in [7, 11) is 2.15. The minimum absolute atomic E-state index is 0.192. The summed E-state index contributed by atoms with van der Waals surface area (Å²) in [5.74, 6) is 0.407. The van der Waals surface area contributed by atoms with E-state index in [4.69, 9.17) is 17.3 Å². The van der Waals surface area contributed by atoms with Crippen LogP contribution in [0.1, 0.15) is 28.8 Å². The van der Waals surface area contributed by atoms with E-state index >= 15 is 0 Å². The van der Waals surface area contributed by atoms with Gasteiger partial charge in [-0.15, -0.1) is 0 Å². The zero-order chi connectivity index (χ0) is 19.8. The number of amides is 2. The highest BCUT2D eigenvalue weighted by atomic mass is 35.5. The second-order valence-electron chi connectivity index (χ2n) is 7.88. The number of hydrogen-bond acceptors (Lipinski definition) is 4. The zero-order valence-electron chi connectivity index (χ0n) is 15.8. The number of primary amides is 1. The Kier molecular flexibility index (Phi) is 5.12. The fraction of sp³-hybridized carbons (Fsp3) is 0.450. The molecule has 0 bridgehead atoms. The molecule has 8 heteroatoms. The number of hydrogen-bond donors (Lipinski definition) is 1. The average molecular weight is 402 g/mol. The van der Waals surface area contributed by atoms with Crippen molar-refractivity contribution in [2.45, 2.75) is 25.4 Å². The molecule has 2 fully saturated rings. The third-order valence-electron chi connectivity index (χ3n) is 6.06. The SMILES string of the molecule is CN(Cc1ccccc1Cl)[C@@H]1C[C@@H]2CN(C(=O)n3cc(C(N)=O)cn3)C[C@@H]2C1. The van der Waals surface area contributed by atoms with Crippen molar-refractivity contribution in [1.29, 1.82) is 0 Å². The van der Waals surface area contributed by atoms with Gasteiger partial charge < -0.3 is 10.6 Å². The van der Waals surface area contributed by atoms with Crippen molar-refractivity contribution < 1.29 is 9.59 Å². The number of aromatic nitrogens is 2. The molecule has 0 unspecified atom stereocenters. The number of rotatable bonds is 4. The van der Waals surface area contributed by atoms with Gasteiger partial charge in [-0.3, -0.25) is 9.69 Å². The molecule has 1 saturated carbocycles. The number of halogens is 1. The van der Waals surface area contributed by atoms with E-state index in [-0.39, 0.29) is 11.6 Å². The van der Waals surface area contributed by atoms with E-state index in [0.717, 1.165) is 43.1 Å². The Morgan fingerprint density at radius 2 is 1.93 bits per heavy atom. The third-order valence-corrected chi connectivity index (χ3v) is 6.43. The lowest BCUT2D eigenvalue weighted by atomic mass is 10.0. The van der Waals surface area contributed by atoms with Gasteiger partial charge in [0.15, 0.2) is 0 Å². The topological polar surface area (TPSA) is 84.5 Å². The van der Waals surface area contributed by atoms with Gasteiger partial charge in [-0.05, 0) is 43.4 Å². The Hall–Kier alpha value is -2.38. The van der Waals surface area contributed by atoms with Crippen LogP contribution >= 0.6 is 11.6 Å². The number of benzene rings is 1. The maximum absolute atomic E-state index is 12.7. The van der Waals surface area contributed by atoms with Crippen molar-refractivity contribution in [3.63, 3.8) is 0 Å². The predicted molar refractivity (Wildman–Crippen MR) is 106 cm³/mol. The summed E-state index contributed by atoms with van der Waals surface area (Å²) in [4.78, 5) is 28.1. The molecule has 3 atom stereocenters. The lowest BCUT2D eigenvalue weighted by Gasteiger charge is -2.26. The maximum Gasteiger partial charge on any atom is 0.344 e. The number of fused-ring (bicyclic) bond motifs is 1. The quantitative estimate of drug-likeness (QED) is 0.852. The normalized spacial score (nSPS) is 24.0. The van der Waals surface area contributed by atoms with Crippen LogP contribution in [-0.2, 0) is 6.54 Å². The largest absolute Gasteiger partial charge is 0.366 e. The van der Waals surface area contributed by atoms with Gasteiger partial charge in [-0.25, -0.2) is 4.79 Å². The summed E-state index contributed by atoms with van der Waals surface area (Å²) in [5.41, 5.74) is 6.62. The van der Waals surface area contributed by atoms with Crippen molar-refractivity contribution >= 4 is 23.5 Å². The molecule has 1 saturated heterocycles. The Morgan fingerprint density at radius 1 is 1.25 bits per heavy atom. The van der Waals surface area contributed by atoms with Crippen molar-refractivity contribution in [2.24, 2.45) is 17.6 Å². The molecule has 2 N–H and O–H groups in total. The van der Waals surface area contributed by atoms with Gasteiger partial charge in [-0.2, -0.15) is 9.78 Å². The average Bonchev–Trinajstić information content (AvgIpc) is 3.37. The molecule has 1 aliphatic heterocycles. The molecule has 2 heterocycles. The molecule has 0 radical (unpaired) electrons. The Labute approximate surface area is 169 Å². The van der Waals surface area contributed by atoms with Gasteiger partial charge in [0.1, 0.15) is 0 Å².